The summed E-state index contributed by atoms with van der Waals surface area (Å²) in [5, 5.41) is 0. The second-order valence-electron chi connectivity index (χ2n) is 7.64. The quantitative estimate of drug-likeness (QED) is 0.0423. The van der Waals surface area contributed by atoms with Crippen LogP contribution in [0.2, 0.25) is 0 Å². The van der Waals surface area contributed by atoms with E-state index in [9.17, 15) is 0 Å². The Morgan fingerprint density at radius 3 is 1.57 bits per heavy atom. The molecular weight excluding hydrogens is 623 g/mol. The standard InChI is InChI=1S/C9H20OP2.C8H17OP2.C8H16OP2.Y/c1-3-5-6-8-9(7-4-2)10-12-11;2*1-3-5-6-7-8(4-2)9-11-10;/h4,7,9,12H,3,5-6,8,11H2,1-2H3;2,4,8,11H,3,5-7,10H2,1H3;2,8,11H,3,5-7,10H2,1H3;/q;-1;;/b7-4+;;;/t9-;2*8-;/m111./s1. The van der Waals surface area contributed by atoms with Crippen LogP contribution in [0, 0.1) is 18.9 Å². The summed E-state index contributed by atoms with van der Waals surface area (Å²) < 4.78 is 16.2. The molecule has 9 atom stereocenters. The third kappa shape index (κ3) is 38.8. The molecule has 0 aromatic heterocycles. The van der Waals surface area contributed by atoms with Gasteiger partial charge in [-0.05, 0) is 32.6 Å². The molecule has 0 aliphatic carbocycles. The van der Waals surface area contributed by atoms with Gasteiger partial charge in [0.25, 0.3) is 0 Å². The van der Waals surface area contributed by atoms with Gasteiger partial charge in [-0.15, -0.1) is 6.42 Å². The van der Waals surface area contributed by atoms with Crippen LogP contribution in [0.25, 0.3) is 0 Å². The van der Waals surface area contributed by atoms with E-state index in [0.29, 0.717) is 31.6 Å². The zero-order chi connectivity index (χ0) is 26.3. The summed E-state index contributed by atoms with van der Waals surface area (Å²) in [5.41, 5.74) is 0. The summed E-state index contributed by atoms with van der Waals surface area (Å²) in [5.74, 6) is 2.63. The largest absolute Gasteiger partial charge is 0.515 e. The second kappa shape index (κ2) is 41.1. The summed E-state index contributed by atoms with van der Waals surface area (Å²) in [6.45, 7) is 14.0. The first-order valence-electron chi connectivity index (χ1n) is 12.5. The Labute approximate surface area is 257 Å². The van der Waals surface area contributed by atoms with Crippen molar-refractivity contribution < 1.29 is 46.3 Å². The number of allylic oxidation sites excluding steroid dienone is 1. The Morgan fingerprint density at radius 2 is 1.20 bits per heavy atom. The zero-order valence-electron chi connectivity index (χ0n) is 22.6. The molecule has 0 aromatic carbocycles. The van der Waals surface area contributed by atoms with E-state index < -0.39 is 0 Å². The fourth-order valence-electron chi connectivity index (χ4n) is 2.81. The Balaban J connectivity index is -0.000000203. The maximum Gasteiger partial charge on any atom is 0.122 e. The van der Waals surface area contributed by atoms with Crippen LogP contribution in [0.1, 0.15) is 105 Å². The summed E-state index contributed by atoms with van der Waals surface area (Å²) in [6, 6.07) is 0. The molecule has 0 saturated heterocycles. The number of terminal acetylenes is 1. The molecule has 1 radical (unpaired) electrons. The van der Waals surface area contributed by atoms with Gasteiger partial charge in [0.05, 0.1) is 6.10 Å². The zero-order valence-corrected chi connectivity index (χ0v) is 31.9. The summed E-state index contributed by atoms with van der Waals surface area (Å²) in [7, 11) is 9.14. The van der Waals surface area contributed by atoms with Crippen molar-refractivity contribution in [2.24, 2.45) is 0 Å². The average molecular weight is 676 g/mol. The molecule has 3 nitrogen and oxygen atoms in total. The minimum absolute atomic E-state index is 0. The van der Waals surface area contributed by atoms with Crippen LogP contribution in [-0.4, -0.2) is 18.3 Å². The van der Waals surface area contributed by atoms with Gasteiger partial charge in [-0.3, -0.25) is 0 Å². The summed E-state index contributed by atoms with van der Waals surface area (Å²) in [4.78, 5) is 0. The maximum atomic E-state index is 5.53. The van der Waals surface area contributed by atoms with Crippen LogP contribution in [0.15, 0.2) is 18.2 Å². The normalized spacial score (nSPS) is 13.8. The molecule has 0 spiro atoms. The van der Waals surface area contributed by atoms with E-state index in [1.807, 2.05) is 6.92 Å². The van der Waals surface area contributed by atoms with Gasteiger partial charge in [0.1, 0.15) is 6.10 Å². The second-order valence-corrected chi connectivity index (χ2v) is 11.2. The van der Waals surface area contributed by atoms with Gasteiger partial charge in [0.15, 0.2) is 0 Å². The van der Waals surface area contributed by atoms with Crippen molar-refractivity contribution in [1.29, 1.82) is 0 Å². The van der Waals surface area contributed by atoms with Crippen molar-refractivity contribution in [1.82, 2.24) is 0 Å². The summed E-state index contributed by atoms with van der Waals surface area (Å²) >= 11 is 0. The van der Waals surface area contributed by atoms with Crippen molar-refractivity contribution >= 4 is 52.3 Å². The first-order chi connectivity index (χ1) is 16.5. The van der Waals surface area contributed by atoms with Gasteiger partial charge >= 0.3 is 0 Å². The van der Waals surface area contributed by atoms with E-state index in [1.54, 1.807) is 6.08 Å². The molecule has 35 heavy (non-hydrogen) atoms. The third-order valence-corrected chi connectivity index (χ3v) is 7.23. The number of hydrogen-bond acceptors (Lipinski definition) is 3. The first kappa shape index (κ1) is 44.6. The van der Waals surface area contributed by atoms with Gasteiger partial charge in [-0.25, -0.2) is 6.08 Å². The number of unbranched alkanes of at least 4 members (excludes halogenated alkanes) is 6. The van der Waals surface area contributed by atoms with Gasteiger partial charge in [0, 0.05) is 64.3 Å². The molecule has 0 aliphatic heterocycles. The molecular formula is C25H53O3P6Y-. The van der Waals surface area contributed by atoms with Crippen molar-refractivity contribution in [2.45, 2.75) is 123 Å². The van der Waals surface area contributed by atoms with Crippen LogP contribution >= 0.6 is 52.3 Å². The minimum atomic E-state index is 0. The Kier molecular flexibility index (Phi) is 52.4. The van der Waals surface area contributed by atoms with Crippen LogP contribution < -0.4 is 0 Å². The van der Waals surface area contributed by atoms with E-state index in [0.717, 1.165) is 12.8 Å². The van der Waals surface area contributed by atoms with Gasteiger partial charge in [0.2, 0.25) is 0 Å². The summed E-state index contributed by atoms with van der Waals surface area (Å²) in [6.07, 6.45) is 26.2. The molecule has 205 valence electrons. The monoisotopic (exact) mass is 676 g/mol. The van der Waals surface area contributed by atoms with Crippen LogP contribution in [0.3, 0.4) is 0 Å². The van der Waals surface area contributed by atoms with Crippen LogP contribution in [0.4, 0.5) is 0 Å². The molecule has 0 heterocycles. The Morgan fingerprint density at radius 1 is 0.771 bits per heavy atom. The van der Waals surface area contributed by atoms with E-state index in [2.05, 4.69) is 65.6 Å². The van der Waals surface area contributed by atoms with E-state index in [1.165, 1.54) is 64.2 Å². The topological polar surface area (TPSA) is 27.7 Å². The molecule has 0 fully saturated rings. The Bertz CT molecular complexity index is 467. The molecule has 0 bridgehead atoms. The molecule has 10 heteroatoms. The fraction of sp³-hybridized carbons (Fsp3) is 0.760. The van der Waals surface area contributed by atoms with Gasteiger partial charge < -0.3 is 20.2 Å². The first-order valence-corrected chi connectivity index (χ1v) is 20.7. The minimum Gasteiger partial charge on any atom is -0.515 e. The van der Waals surface area contributed by atoms with E-state index >= 15 is 0 Å². The van der Waals surface area contributed by atoms with E-state index in [4.69, 9.17) is 26.6 Å². The molecule has 0 rings (SSSR count). The molecule has 0 amide bonds. The molecule has 0 aromatic rings. The maximum absolute atomic E-state index is 5.53. The van der Waals surface area contributed by atoms with Gasteiger partial charge in [-0.1, -0.05) is 117 Å². The molecule has 0 saturated carbocycles. The van der Waals surface area contributed by atoms with Crippen molar-refractivity contribution in [2.75, 3.05) is 0 Å². The molecule has 0 aliphatic rings. The average Bonchev–Trinajstić information content (AvgIpc) is 2.84. The SMILES string of the molecule is C#C[C@H](CCCCC)OPP.C/C=C/[C@H](CCCCC)OPP.[CH-]=C[C@H](CCCCC)OPP.[Y]. The van der Waals surface area contributed by atoms with Crippen LogP contribution in [-0.2, 0) is 46.3 Å². The predicted molar refractivity (Wildman–Crippen MR) is 174 cm³/mol. The van der Waals surface area contributed by atoms with Crippen molar-refractivity contribution in [3.8, 4) is 12.3 Å². The number of hydrogen-bond donors (Lipinski definition) is 0. The molecule has 6 unspecified atom stereocenters. The van der Waals surface area contributed by atoms with Crippen LogP contribution in [0.5, 0.6) is 0 Å². The smallest absolute Gasteiger partial charge is 0.122 e. The fourth-order valence-corrected chi connectivity index (χ4v) is 5.44. The van der Waals surface area contributed by atoms with Crippen molar-refractivity contribution in [3.05, 3.63) is 24.8 Å². The molecule has 0 N–H and O–H groups in total. The predicted octanol–water partition coefficient (Wildman–Crippen LogP) is 10.2. The third-order valence-electron chi connectivity index (χ3n) is 4.71. The van der Waals surface area contributed by atoms with Crippen molar-refractivity contribution in [3.63, 3.8) is 0 Å². The Hall–Kier alpha value is 2.60. The number of rotatable bonds is 20. The van der Waals surface area contributed by atoms with E-state index in [-0.39, 0.29) is 44.9 Å². The van der Waals surface area contributed by atoms with Gasteiger partial charge in [-0.2, -0.15) is 0 Å².